The molecule has 3 aromatic rings. The molecule has 0 radical (unpaired) electrons. The number of rotatable bonds is 7. The normalized spacial score (nSPS) is 13.8. The zero-order valence-corrected chi connectivity index (χ0v) is 18.9. The highest BCUT2D eigenvalue weighted by molar-refractivity contribution is 7.09. The molecule has 1 unspecified atom stereocenters. The molecule has 1 aliphatic rings. The number of aromatic nitrogens is 1. The van der Waals surface area contributed by atoms with Gasteiger partial charge in [-0.3, -0.25) is 19.3 Å². The predicted molar refractivity (Wildman–Crippen MR) is 121 cm³/mol. The van der Waals surface area contributed by atoms with Crippen molar-refractivity contribution in [3.8, 4) is 5.75 Å². The fraction of sp³-hybridized carbons (Fsp3) is 0.250. The van der Waals surface area contributed by atoms with E-state index < -0.39 is 0 Å². The molecule has 0 saturated carbocycles. The number of nitrogens with one attached hydrogen (secondary N) is 1. The van der Waals surface area contributed by atoms with Crippen molar-refractivity contribution in [3.05, 3.63) is 80.8 Å². The molecule has 3 amide bonds. The van der Waals surface area contributed by atoms with Crippen LogP contribution in [0.15, 0.2) is 47.8 Å². The van der Waals surface area contributed by atoms with Crippen molar-refractivity contribution >= 4 is 29.1 Å². The molecule has 4 rings (SSSR count). The van der Waals surface area contributed by atoms with Crippen molar-refractivity contribution in [1.29, 1.82) is 0 Å². The number of hydrogen-bond donors (Lipinski definition) is 1. The minimum absolute atomic E-state index is 0.259. The third kappa shape index (κ3) is 4.27. The van der Waals surface area contributed by atoms with Gasteiger partial charge in [0.05, 0.1) is 35.0 Å². The summed E-state index contributed by atoms with van der Waals surface area (Å²) < 4.78 is 5.15. The Balaban J connectivity index is 1.45. The lowest BCUT2D eigenvalue weighted by molar-refractivity contribution is 0.0656. The molecule has 1 atom stereocenters. The lowest BCUT2D eigenvalue weighted by Gasteiger charge is -2.13. The van der Waals surface area contributed by atoms with Crippen LogP contribution in [0.1, 0.15) is 60.3 Å². The van der Waals surface area contributed by atoms with Crippen molar-refractivity contribution in [2.24, 2.45) is 0 Å². The van der Waals surface area contributed by atoms with Gasteiger partial charge in [0.15, 0.2) is 0 Å². The third-order valence-electron chi connectivity index (χ3n) is 5.44. The third-order valence-corrected chi connectivity index (χ3v) is 6.24. The highest BCUT2D eigenvalue weighted by Crippen LogP contribution is 2.25. The molecule has 164 valence electrons. The molecular formula is C24H23N3O4S. The van der Waals surface area contributed by atoms with Gasteiger partial charge in [0, 0.05) is 17.5 Å². The van der Waals surface area contributed by atoms with Gasteiger partial charge in [-0.25, -0.2) is 4.98 Å². The Morgan fingerprint density at radius 2 is 1.84 bits per heavy atom. The number of aryl methyl sites for hydroxylation is 1. The van der Waals surface area contributed by atoms with E-state index in [1.54, 1.807) is 19.2 Å². The van der Waals surface area contributed by atoms with E-state index in [1.165, 1.54) is 22.3 Å². The summed E-state index contributed by atoms with van der Waals surface area (Å²) in [6.07, 6.45) is 0.535. The molecular weight excluding hydrogens is 426 g/mol. The second kappa shape index (κ2) is 8.92. The summed E-state index contributed by atoms with van der Waals surface area (Å²) >= 11 is 1.52. The summed E-state index contributed by atoms with van der Waals surface area (Å²) in [6.45, 7) is 4.03. The summed E-state index contributed by atoms with van der Waals surface area (Å²) in [5, 5.41) is 5.73. The molecule has 1 aliphatic heterocycles. The molecule has 0 spiro atoms. The van der Waals surface area contributed by atoms with E-state index in [9.17, 15) is 14.4 Å². The Labute approximate surface area is 190 Å². The van der Waals surface area contributed by atoms with Crippen LogP contribution in [0, 0.1) is 6.92 Å². The fourth-order valence-corrected chi connectivity index (χ4v) is 4.31. The number of nitrogens with zero attached hydrogens (tertiary/aromatic N) is 2. The second-order valence-electron chi connectivity index (χ2n) is 7.61. The smallest absolute Gasteiger partial charge is 0.261 e. The Kier molecular flexibility index (Phi) is 6.05. The van der Waals surface area contributed by atoms with E-state index in [4.69, 9.17) is 4.74 Å². The molecule has 0 fully saturated rings. The van der Waals surface area contributed by atoms with Gasteiger partial charge in [-0.05, 0) is 56.2 Å². The topological polar surface area (TPSA) is 88.6 Å². The lowest BCUT2D eigenvalue weighted by atomic mass is 10.0. The van der Waals surface area contributed by atoms with Crippen LogP contribution in [-0.4, -0.2) is 41.3 Å². The SMILES string of the molecule is COc1ccc(CCN2C(=O)c3ccc(C(=O)NC(C)c4csc(C)n4)cc3C2=O)cc1. The van der Waals surface area contributed by atoms with Crippen LogP contribution in [0.2, 0.25) is 0 Å². The minimum atomic E-state index is -0.378. The van der Waals surface area contributed by atoms with Gasteiger partial charge < -0.3 is 10.1 Å². The number of hydrogen-bond acceptors (Lipinski definition) is 6. The number of ether oxygens (including phenoxy) is 1. The molecule has 0 saturated heterocycles. The van der Waals surface area contributed by atoms with Crippen molar-refractivity contribution in [3.63, 3.8) is 0 Å². The summed E-state index contributed by atoms with van der Waals surface area (Å²) in [7, 11) is 1.60. The number of methoxy groups -OCH3 is 1. The van der Waals surface area contributed by atoms with Crippen LogP contribution in [0.3, 0.4) is 0 Å². The Morgan fingerprint density at radius 3 is 2.50 bits per heavy atom. The minimum Gasteiger partial charge on any atom is -0.497 e. The highest BCUT2D eigenvalue weighted by Gasteiger charge is 2.35. The summed E-state index contributed by atoms with van der Waals surface area (Å²) in [5.74, 6) is -0.282. The maximum atomic E-state index is 12.9. The van der Waals surface area contributed by atoms with Gasteiger partial charge >= 0.3 is 0 Å². The van der Waals surface area contributed by atoms with Crippen LogP contribution >= 0.6 is 11.3 Å². The zero-order chi connectivity index (χ0) is 22.8. The average molecular weight is 450 g/mol. The number of imide groups is 1. The summed E-state index contributed by atoms with van der Waals surface area (Å²) in [5.41, 5.74) is 2.70. The molecule has 7 nitrogen and oxygen atoms in total. The second-order valence-corrected chi connectivity index (χ2v) is 8.67. The first-order chi connectivity index (χ1) is 15.4. The van der Waals surface area contributed by atoms with Crippen LogP contribution in [0.25, 0.3) is 0 Å². The number of thiazole rings is 1. The molecule has 1 aromatic heterocycles. The number of fused-ring (bicyclic) bond motifs is 1. The van der Waals surface area contributed by atoms with Gasteiger partial charge in [-0.1, -0.05) is 12.1 Å². The standard InChI is InChI=1S/C24H23N3O4S/c1-14(21-13-32-15(2)26-21)25-22(28)17-6-9-19-20(12-17)24(30)27(23(19)29)11-10-16-4-7-18(31-3)8-5-16/h4-9,12-14H,10-11H2,1-3H3,(H,25,28). The van der Waals surface area contributed by atoms with Gasteiger partial charge in [-0.15, -0.1) is 11.3 Å². The molecule has 2 aromatic carbocycles. The van der Waals surface area contributed by atoms with Gasteiger partial charge in [0.25, 0.3) is 17.7 Å². The zero-order valence-electron chi connectivity index (χ0n) is 18.0. The Bertz CT molecular complexity index is 1190. The first-order valence-electron chi connectivity index (χ1n) is 10.2. The number of carbonyl (C=O) groups is 3. The van der Waals surface area contributed by atoms with Crippen molar-refractivity contribution in [1.82, 2.24) is 15.2 Å². The lowest BCUT2D eigenvalue weighted by Crippen LogP contribution is -2.31. The summed E-state index contributed by atoms with van der Waals surface area (Å²) in [4.78, 5) is 44.0. The number of amides is 3. The van der Waals surface area contributed by atoms with E-state index in [-0.39, 0.29) is 35.9 Å². The van der Waals surface area contributed by atoms with Gasteiger partial charge in [0.1, 0.15) is 5.75 Å². The number of benzene rings is 2. The average Bonchev–Trinajstić information content (AvgIpc) is 3.34. The Hall–Kier alpha value is -3.52. The van der Waals surface area contributed by atoms with E-state index in [1.807, 2.05) is 43.5 Å². The molecule has 2 heterocycles. The fourth-order valence-electron chi connectivity index (χ4n) is 3.60. The van der Waals surface area contributed by atoms with Gasteiger partial charge in [-0.2, -0.15) is 0 Å². The van der Waals surface area contributed by atoms with Crippen molar-refractivity contribution in [2.45, 2.75) is 26.3 Å². The van der Waals surface area contributed by atoms with E-state index in [0.717, 1.165) is 22.0 Å². The molecule has 0 aliphatic carbocycles. The maximum absolute atomic E-state index is 12.9. The van der Waals surface area contributed by atoms with E-state index >= 15 is 0 Å². The molecule has 32 heavy (non-hydrogen) atoms. The summed E-state index contributed by atoms with van der Waals surface area (Å²) in [6, 6.07) is 11.9. The van der Waals surface area contributed by atoms with Crippen molar-refractivity contribution < 1.29 is 19.1 Å². The first kappa shape index (κ1) is 21.7. The van der Waals surface area contributed by atoms with Crippen LogP contribution < -0.4 is 10.1 Å². The monoisotopic (exact) mass is 449 g/mol. The largest absolute Gasteiger partial charge is 0.497 e. The Morgan fingerprint density at radius 1 is 1.12 bits per heavy atom. The maximum Gasteiger partial charge on any atom is 0.261 e. The van der Waals surface area contributed by atoms with E-state index in [0.29, 0.717) is 17.5 Å². The predicted octanol–water partition coefficient (Wildman–Crippen LogP) is 3.79. The molecule has 8 heteroatoms. The molecule has 1 N–H and O–H groups in total. The van der Waals surface area contributed by atoms with Crippen molar-refractivity contribution in [2.75, 3.05) is 13.7 Å². The highest BCUT2D eigenvalue weighted by atomic mass is 32.1. The molecule has 0 bridgehead atoms. The van der Waals surface area contributed by atoms with Crippen LogP contribution in [0.5, 0.6) is 5.75 Å². The van der Waals surface area contributed by atoms with Gasteiger partial charge in [0.2, 0.25) is 0 Å². The van der Waals surface area contributed by atoms with Crippen LogP contribution in [-0.2, 0) is 6.42 Å². The first-order valence-corrected chi connectivity index (χ1v) is 11.1. The quantitative estimate of drug-likeness (QED) is 0.555. The number of carbonyl (C=O) groups excluding carboxylic acids is 3. The van der Waals surface area contributed by atoms with E-state index in [2.05, 4.69) is 10.3 Å². The van der Waals surface area contributed by atoms with Crippen LogP contribution in [0.4, 0.5) is 0 Å².